The lowest BCUT2D eigenvalue weighted by Crippen LogP contribution is -2.20. The van der Waals surface area contributed by atoms with Crippen LogP contribution in [-0.2, 0) is 4.79 Å². The number of rotatable bonds is 3. The van der Waals surface area contributed by atoms with Crippen LogP contribution in [0.25, 0.3) is 0 Å². The lowest BCUT2D eigenvalue weighted by Gasteiger charge is -2.00. The molecule has 0 aliphatic heterocycles. The normalized spacial score (nSPS) is 9.22. The van der Waals surface area contributed by atoms with Crippen molar-refractivity contribution in [3.05, 3.63) is 29.3 Å². The molecule has 1 rings (SSSR count). The fraction of sp³-hybridized carbons (Fsp3) is 0.286. The fourth-order valence-electron chi connectivity index (χ4n) is 1.35. The Bertz CT molecular complexity index is 524. The molecule has 0 bridgehead atoms. The number of nitrogens with one attached hydrogen (secondary N) is 1. The first-order valence-electron chi connectivity index (χ1n) is 5.64. The first-order chi connectivity index (χ1) is 8.50. The lowest BCUT2D eigenvalue weighted by molar-refractivity contribution is -0.118. The molecule has 1 aromatic carbocycles. The van der Waals surface area contributed by atoms with Crippen LogP contribution in [0, 0.1) is 11.8 Å². The summed E-state index contributed by atoms with van der Waals surface area (Å²) in [4.78, 5) is 21.8. The molecular weight excluding hydrogens is 228 g/mol. The molecular formula is C14H16N2O2. The Morgan fingerprint density at radius 2 is 2.06 bits per heavy atom. The fourth-order valence-corrected chi connectivity index (χ4v) is 1.35. The summed E-state index contributed by atoms with van der Waals surface area (Å²) in [5, 5.41) is 2.65. The summed E-state index contributed by atoms with van der Waals surface area (Å²) >= 11 is 0. The molecule has 0 fully saturated rings. The van der Waals surface area contributed by atoms with Crippen LogP contribution in [-0.4, -0.2) is 18.2 Å². The average Bonchev–Trinajstić information content (AvgIpc) is 2.29. The standard InChI is InChI=1S/C14H16N2O2/c1-10(17)13-7-6-12(14(15)9-13)5-3-4-8-16-11(2)18/h6-7,9H,4,8,15H2,1-2H3,(H,16,18). The topological polar surface area (TPSA) is 72.2 Å². The number of carbonyl (C=O) groups excluding carboxylic acids is 2. The van der Waals surface area contributed by atoms with Gasteiger partial charge in [-0.05, 0) is 19.1 Å². The predicted molar refractivity (Wildman–Crippen MR) is 71.0 cm³/mol. The minimum absolute atomic E-state index is 0.0214. The number of nitrogens with two attached hydrogens (primary N) is 1. The third-order valence-corrected chi connectivity index (χ3v) is 2.31. The van der Waals surface area contributed by atoms with Crippen LogP contribution in [0.4, 0.5) is 5.69 Å². The Balaban J connectivity index is 2.65. The van der Waals surface area contributed by atoms with Crippen molar-refractivity contribution in [3.8, 4) is 11.8 Å². The van der Waals surface area contributed by atoms with Crippen molar-refractivity contribution >= 4 is 17.4 Å². The second-order valence-corrected chi connectivity index (χ2v) is 3.89. The second kappa shape index (κ2) is 6.45. The molecule has 0 heterocycles. The van der Waals surface area contributed by atoms with Crippen molar-refractivity contribution in [2.24, 2.45) is 0 Å². The van der Waals surface area contributed by atoms with Gasteiger partial charge in [0.15, 0.2) is 5.78 Å². The zero-order valence-corrected chi connectivity index (χ0v) is 10.5. The van der Waals surface area contributed by atoms with E-state index in [9.17, 15) is 9.59 Å². The average molecular weight is 244 g/mol. The molecule has 0 radical (unpaired) electrons. The minimum Gasteiger partial charge on any atom is -0.398 e. The summed E-state index contributed by atoms with van der Waals surface area (Å²) in [6, 6.07) is 5.06. The lowest BCUT2D eigenvalue weighted by atomic mass is 10.1. The predicted octanol–water partition coefficient (Wildman–Crippen LogP) is 1.35. The van der Waals surface area contributed by atoms with Crippen LogP contribution in [0.2, 0.25) is 0 Å². The SMILES string of the molecule is CC(=O)NCCC#Cc1ccc(C(C)=O)cc1N. The van der Waals surface area contributed by atoms with Crippen LogP contribution in [0.5, 0.6) is 0 Å². The molecule has 1 amide bonds. The van der Waals surface area contributed by atoms with E-state index in [1.54, 1.807) is 18.2 Å². The molecule has 0 saturated heterocycles. The molecule has 0 aliphatic carbocycles. The van der Waals surface area contributed by atoms with Gasteiger partial charge in [-0.2, -0.15) is 0 Å². The van der Waals surface area contributed by atoms with Gasteiger partial charge in [-0.3, -0.25) is 9.59 Å². The molecule has 4 heteroatoms. The van der Waals surface area contributed by atoms with E-state index in [0.29, 0.717) is 29.8 Å². The van der Waals surface area contributed by atoms with E-state index < -0.39 is 0 Å². The summed E-state index contributed by atoms with van der Waals surface area (Å²) in [5.41, 5.74) is 7.57. The Hall–Kier alpha value is -2.28. The number of hydrogen-bond donors (Lipinski definition) is 2. The largest absolute Gasteiger partial charge is 0.398 e. The Morgan fingerprint density at radius 1 is 1.33 bits per heavy atom. The zero-order valence-electron chi connectivity index (χ0n) is 10.5. The third kappa shape index (κ3) is 4.30. The van der Waals surface area contributed by atoms with Crippen LogP contribution >= 0.6 is 0 Å². The maximum Gasteiger partial charge on any atom is 0.216 e. The van der Waals surface area contributed by atoms with Crippen molar-refractivity contribution in [2.75, 3.05) is 12.3 Å². The zero-order chi connectivity index (χ0) is 13.5. The maximum atomic E-state index is 11.1. The highest BCUT2D eigenvalue weighted by Crippen LogP contribution is 2.13. The van der Waals surface area contributed by atoms with Crippen molar-refractivity contribution in [2.45, 2.75) is 20.3 Å². The molecule has 94 valence electrons. The molecule has 0 spiro atoms. The monoisotopic (exact) mass is 244 g/mol. The maximum absolute atomic E-state index is 11.1. The minimum atomic E-state index is -0.0675. The Morgan fingerprint density at radius 3 is 2.61 bits per heavy atom. The van der Waals surface area contributed by atoms with Crippen molar-refractivity contribution < 1.29 is 9.59 Å². The van der Waals surface area contributed by atoms with Crippen LogP contribution in [0.3, 0.4) is 0 Å². The molecule has 0 aliphatic rings. The van der Waals surface area contributed by atoms with Gasteiger partial charge in [0.05, 0.1) is 0 Å². The second-order valence-electron chi connectivity index (χ2n) is 3.89. The van der Waals surface area contributed by atoms with Gasteiger partial charge in [0.25, 0.3) is 0 Å². The van der Waals surface area contributed by atoms with Crippen molar-refractivity contribution in [1.82, 2.24) is 5.32 Å². The molecule has 0 atom stereocenters. The Kier molecular flexibility index (Phi) is 4.94. The summed E-state index contributed by atoms with van der Waals surface area (Å²) in [7, 11) is 0. The highest BCUT2D eigenvalue weighted by Gasteiger charge is 2.01. The van der Waals surface area contributed by atoms with Crippen LogP contribution < -0.4 is 11.1 Å². The van der Waals surface area contributed by atoms with Gasteiger partial charge in [0.1, 0.15) is 0 Å². The molecule has 0 saturated carbocycles. The highest BCUT2D eigenvalue weighted by molar-refractivity contribution is 5.95. The van der Waals surface area contributed by atoms with Gasteiger partial charge in [-0.15, -0.1) is 0 Å². The van der Waals surface area contributed by atoms with Crippen molar-refractivity contribution in [1.29, 1.82) is 0 Å². The van der Waals surface area contributed by atoms with Crippen LogP contribution in [0.1, 0.15) is 36.2 Å². The van der Waals surface area contributed by atoms with Gasteiger partial charge in [-0.1, -0.05) is 17.9 Å². The van der Waals surface area contributed by atoms with E-state index in [0.717, 1.165) is 0 Å². The third-order valence-electron chi connectivity index (χ3n) is 2.31. The van der Waals surface area contributed by atoms with Crippen LogP contribution in [0.15, 0.2) is 18.2 Å². The number of benzene rings is 1. The number of nitrogen functional groups attached to an aromatic ring is 1. The molecule has 3 N–H and O–H groups in total. The molecule has 0 aromatic heterocycles. The molecule has 0 unspecified atom stereocenters. The number of ketones is 1. The number of amides is 1. The first kappa shape index (κ1) is 13.8. The number of anilines is 1. The summed E-state index contributed by atoms with van der Waals surface area (Å²) in [6.45, 7) is 3.48. The number of hydrogen-bond acceptors (Lipinski definition) is 3. The molecule has 4 nitrogen and oxygen atoms in total. The van der Waals surface area contributed by atoms with E-state index in [2.05, 4.69) is 17.2 Å². The van der Waals surface area contributed by atoms with E-state index in [1.165, 1.54) is 13.8 Å². The van der Waals surface area contributed by atoms with Gasteiger partial charge >= 0.3 is 0 Å². The van der Waals surface area contributed by atoms with E-state index >= 15 is 0 Å². The quantitative estimate of drug-likeness (QED) is 0.365. The molecule has 1 aromatic rings. The Labute approximate surface area is 107 Å². The highest BCUT2D eigenvalue weighted by atomic mass is 16.1. The van der Waals surface area contributed by atoms with E-state index in [-0.39, 0.29) is 11.7 Å². The summed E-state index contributed by atoms with van der Waals surface area (Å²) < 4.78 is 0. The van der Waals surface area contributed by atoms with Gasteiger partial charge < -0.3 is 11.1 Å². The van der Waals surface area contributed by atoms with Gasteiger partial charge in [-0.25, -0.2) is 0 Å². The van der Waals surface area contributed by atoms with Gasteiger partial charge in [0, 0.05) is 36.7 Å². The number of carbonyl (C=O) groups is 2. The smallest absolute Gasteiger partial charge is 0.216 e. The van der Waals surface area contributed by atoms with Crippen molar-refractivity contribution in [3.63, 3.8) is 0 Å². The van der Waals surface area contributed by atoms with E-state index in [1.807, 2.05) is 0 Å². The van der Waals surface area contributed by atoms with Gasteiger partial charge in [0.2, 0.25) is 5.91 Å². The summed E-state index contributed by atoms with van der Waals surface area (Å²) in [5.74, 6) is 5.74. The summed E-state index contributed by atoms with van der Waals surface area (Å²) in [6.07, 6.45) is 0.563. The number of Topliss-reactive ketones (excluding diaryl/α,β-unsaturated/α-hetero) is 1. The first-order valence-corrected chi connectivity index (χ1v) is 5.64. The molecule has 18 heavy (non-hydrogen) atoms. The van der Waals surface area contributed by atoms with E-state index in [4.69, 9.17) is 5.73 Å².